The molecular weight excluding hydrogens is 501 g/mol. The van der Waals surface area contributed by atoms with Crippen molar-refractivity contribution in [1.29, 1.82) is 0 Å². The molecule has 192 valence electrons. The molecule has 1 heterocycles. The quantitative estimate of drug-likeness (QED) is 0.161. The number of ether oxygens (including phenoxy) is 1. The van der Waals surface area contributed by atoms with Crippen LogP contribution in [0.5, 0.6) is 5.75 Å². The van der Waals surface area contributed by atoms with E-state index >= 15 is 0 Å². The van der Waals surface area contributed by atoms with E-state index in [1.165, 1.54) is 22.3 Å². The van der Waals surface area contributed by atoms with E-state index in [1.807, 2.05) is 29.6 Å². The number of anilines is 3. The molecule has 0 aliphatic rings. The molecule has 0 spiro atoms. The largest absolute Gasteiger partial charge is 0.497 e. The molecule has 5 nitrogen and oxygen atoms in total. The number of carbonyl (C=O) groups is 1. The van der Waals surface area contributed by atoms with Crippen molar-refractivity contribution in [3.63, 3.8) is 0 Å². The number of methoxy groups -OCH3 is 1. The number of hydrogen-bond donors (Lipinski definition) is 1. The number of benzene rings is 2. The predicted molar refractivity (Wildman–Crippen MR) is 131 cm³/mol. The van der Waals surface area contributed by atoms with Gasteiger partial charge in [-0.3, -0.25) is 9.69 Å². The summed E-state index contributed by atoms with van der Waals surface area (Å²) in [5, 5.41) is 5.25. The van der Waals surface area contributed by atoms with E-state index in [1.54, 1.807) is 31.4 Å². The number of carbonyl (C=O) groups excluding carboxylic acids is 1. The maximum absolute atomic E-state index is 13.0. The van der Waals surface area contributed by atoms with E-state index in [0.29, 0.717) is 27.9 Å². The van der Waals surface area contributed by atoms with Crippen LogP contribution < -0.4 is 15.0 Å². The van der Waals surface area contributed by atoms with Crippen molar-refractivity contribution in [3.05, 3.63) is 66.6 Å². The molecule has 1 amide bonds. The molecule has 0 fully saturated rings. The Labute approximate surface area is 209 Å². The van der Waals surface area contributed by atoms with Gasteiger partial charge in [-0.25, -0.2) is 4.98 Å². The van der Waals surface area contributed by atoms with E-state index < -0.39 is 18.5 Å². The minimum absolute atomic E-state index is 0.141. The van der Waals surface area contributed by atoms with Crippen molar-refractivity contribution in [1.82, 2.24) is 4.98 Å². The van der Waals surface area contributed by atoms with E-state index in [9.17, 15) is 26.7 Å². The Morgan fingerprint density at radius 3 is 2.33 bits per heavy atom. The number of aromatic nitrogens is 1. The fourth-order valence-electron chi connectivity index (χ4n) is 3.26. The first-order chi connectivity index (χ1) is 17.1. The van der Waals surface area contributed by atoms with Crippen molar-refractivity contribution in [3.8, 4) is 17.0 Å². The molecule has 0 unspecified atom stereocenters. The SMILES string of the molecule is C=CC(=O)N(c1ccc(NCCCCC(F)(F)C(F)(F)F)cc1)c1nc(-c2ccc(OC)cc2)cs1. The molecule has 0 aliphatic carbocycles. The predicted octanol–water partition coefficient (Wildman–Crippen LogP) is 7.45. The first kappa shape index (κ1) is 27.1. The van der Waals surface area contributed by atoms with Crippen molar-refractivity contribution < 1.29 is 31.5 Å². The fourth-order valence-corrected chi connectivity index (χ4v) is 4.12. The average molecular weight is 526 g/mol. The van der Waals surface area contributed by atoms with Crippen LogP contribution in [-0.4, -0.2) is 36.6 Å². The molecule has 0 atom stereocenters. The highest BCUT2D eigenvalue weighted by Gasteiger charge is 2.56. The summed E-state index contributed by atoms with van der Waals surface area (Å²) in [5.41, 5.74) is 2.71. The van der Waals surface area contributed by atoms with Crippen molar-refractivity contribution in [2.24, 2.45) is 0 Å². The monoisotopic (exact) mass is 525 g/mol. The van der Waals surface area contributed by atoms with E-state index in [-0.39, 0.29) is 25.3 Å². The number of amides is 1. The molecule has 1 N–H and O–H groups in total. The fraction of sp³-hybridized carbons (Fsp3) is 0.280. The van der Waals surface area contributed by atoms with Crippen LogP contribution in [-0.2, 0) is 4.79 Å². The Morgan fingerprint density at radius 2 is 1.75 bits per heavy atom. The second-order valence-corrected chi connectivity index (χ2v) is 8.59. The van der Waals surface area contributed by atoms with Crippen molar-refractivity contribution in [2.45, 2.75) is 31.4 Å². The number of rotatable bonds is 11. The van der Waals surface area contributed by atoms with Gasteiger partial charge in [-0.15, -0.1) is 11.3 Å². The zero-order chi connectivity index (χ0) is 26.3. The zero-order valence-electron chi connectivity index (χ0n) is 19.3. The number of halogens is 5. The lowest BCUT2D eigenvalue weighted by Crippen LogP contribution is -2.36. The van der Waals surface area contributed by atoms with Crippen LogP contribution in [0.25, 0.3) is 11.3 Å². The third-order valence-corrected chi connectivity index (χ3v) is 6.08. The van der Waals surface area contributed by atoms with Crippen molar-refractivity contribution >= 4 is 33.8 Å². The summed E-state index contributed by atoms with van der Waals surface area (Å²) >= 11 is 1.29. The maximum atomic E-state index is 13.0. The third-order valence-electron chi connectivity index (χ3n) is 5.25. The molecule has 0 saturated heterocycles. The lowest BCUT2D eigenvalue weighted by Gasteiger charge is -2.19. The summed E-state index contributed by atoms with van der Waals surface area (Å²) in [5.74, 6) is -4.35. The summed E-state index contributed by atoms with van der Waals surface area (Å²) < 4.78 is 67.8. The van der Waals surface area contributed by atoms with Gasteiger partial charge in [0.25, 0.3) is 5.91 Å². The topological polar surface area (TPSA) is 54.5 Å². The van der Waals surface area contributed by atoms with Crippen LogP contribution in [0.4, 0.5) is 38.5 Å². The van der Waals surface area contributed by atoms with Gasteiger partial charge in [0.05, 0.1) is 18.5 Å². The first-order valence-electron chi connectivity index (χ1n) is 10.9. The lowest BCUT2D eigenvalue weighted by atomic mass is 10.1. The molecule has 0 saturated carbocycles. The van der Waals surface area contributed by atoms with Gasteiger partial charge in [0.1, 0.15) is 5.75 Å². The molecule has 11 heteroatoms. The average Bonchev–Trinajstić information content (AvgIpc) is 3.33. The molecule has 0 bridgehead atoms. The normalized spacial score (nSPS) is 11.7. The molecular formula is C25H24F5N3O2S. The lowest BCUT2D eigenvalue weighted by molar-refractivity contribution is -0.284. The number of nitrogens with zero attached hydrogens (tertiary/aromatic N) is 2. The van der Waals surface area contributed by atoms with Gasteiger partial charge in [-0.1, -0.05) is 6.58 Å². The van der Waals surface area contributed by atoms with Crippen molar-refractivity contribution in [2.75, 3.05) is 23.9 Å². The first-order valence-corrected chi connectivity index (χ1v) is 11.8. The van der Waals surface area contributed by atoms with Gasteiger partial charge in [0.2, 0.25) is 0 Å². The van der Waals surface area contributed by atoms with Crippen LogP contribution in [0.1, 0.15) is 19.3 Å². The van der Waals surface area contributed by atoms with Crippen LogP contribution in [0.3, 0.4) is 0 Å². The third kappa shape index (κ3) is 6.60. The second kappa shape index (κ2) is 11.5. The van der Waals surface area contributed by atoms with Gasteiger partial charge in [0.15, 0.2) is 5.13 Å². The minimum atomic E-state index is -5.53. The van der Waals surface area contributed by atoms with Gasteiger partial charge in [0, 0.05) is 29.6 Å². The van der Waals surface area contributed by atoms with E-state index in [2.05, 4.69) is 16.9 Å². The zero-order valence-corrected chi connectivity index (χ0v) is 20.1. The standard InChI is InChI=1S/C25H24F5N3O2S/c1-3-22(34)33(23-32-21(16-36-23)17-6-12-20(35-2)13-7-17)19-10-8-18(9-11-19)31-15-5-4-14-24(26,27)25(28,29)30/h3,6-13,16,31H,1,4-5,14-15H2,2H3. The Bertz CT molecular complexity index is 1160. The van der Waals surface area contributed by atoms with Gasteiger partial charge in [-0.05, 0) is 67.4 Å². The number of thiazole rings is 1. The summed E-state index contributed by atoms with van der Waals surface area (Å²) in [6.07, 6.45) is -5.74. The van der Waals surface area contributed by atoms with Crippen LogP contribution >= 0.6 is 11.3 Å². The summed E-state index contributed by atoms with van der Waals surface area (Å²) in [6, 6.07) is 14.1. The summed E-state index contributed by atoms with van der Waals surface area (Å²) in [7, 11) is 1.58. The Hall–Kier alpha value is -3.47. The van der Waals surface area contributed by atoms with Crippen LogP contribution in [0, 0.1) is 0 Å². The second-order valence-electron chi connectivity index (χ2n) is 7.75. The molecule has 1 aromatic heterocycles. The Kier molecular flexibility index (Phi) is 8.67. The van der Waals surface area contributed by atoms with E-state index in [4.69, 9.17) is 4.74 Å². The smallest absolute Gasteiger partial charge is 0.453 e. The summed E-state index contributed by atoms with van der Waals surface area (Å²) in [4.78, 5) is 18.6. The van der Waals surface area contributed by atoms with Gasteiger partial charge >= 0.3 is 12.1 Å². The molecule has 36 heavy (non-hydrogen) atoms. The van der Waals surface area contributed by atoms with E-state index in [0.717, 1.165) is 5.56 Å². The van der Waals surface area contributed by atoms with Crippen LogP contribution in [0.15, 0.2) is 66.6 Å². The van der Waals surface area contributed by atoms with Crippen LogP contribution in [0.2, 0.25) is 0 Å². The highest BCUT2D eigenvalue weighted by Crippen LogP contribution is 2.39. The molecule has 2 aromatic carbocycles. The van der Waals surface area contributed by atoms with Gasteiger partial charge in [-0.2, -0.15) is 22.0 Å². The maximum Gasteiger partial charge on any atom is 0.453 e. The molecule has 3 aromatic rings. The highest BCUT2D eigenvalue weighted by molar-refractivity contribution is 7.14. The molecule has 0 aliphatic heterocycles. The minimum Gasteiger partial charge on any atom is -0.497 e. The van der Waals surface area contributed by atoms with Gasteiger partial charge < -0.3 is 10.1 Å². The number of nitrogens with one attached hydrogen (secondary N) is 1. The molecule has 3 rings (SSSR count). The number of hydrogen-bond acceptors (Lipinski definition) is 5. The highest BCUT2D eigenvalue weighted by atomic mass is 32.1. The summed E-state index contributed by atoms with van der Waals surface area (Å²) in [6.45, 7) is 3.78. The Balaban J connectivity index is 1.64. The number of unbranched alkanes of at least 4 members (excludes halogenated alkanes) is 1. The Morgan fingerprint density at radius 1 is 1.08 bits per heavy atom. The molecule has 0 radical (unpaired) electrons. The number of alkyl halides is 5.